The molecule has 174 valence electrons. The van der Waals surface area contributed by atoms with E-state index >= 15 is 0 Å². The first-order chi connectivity index (χ1) is 16.8. The smallest absolute Gasteiger partial charge is 0.337 e. The van der Waals surface area contributed by atoms with Gasteiger partial charge in [-0.05, 0) is 35.4 Å². The fourth-order valence-corrected chi connectivity index (χ4v) is 3.63. The molecule has 0 saturated heterocycles. The second-order valence-electron chi connectivity index (χ2n) is 7.41. The zero-order valence-corrected chi connectivity index (χ0v) is 17.9. The minimum Gasteiger partial charge on any atom is -0.507 e. The molecule has 10 nitrogen and oxygen atoms in total. The van der Waals surface area contributed by atoms with Crippen LogP contribution in [-0.4, -0.2) is 49.4 Å². The van der Waals surface area contributed by atoms with Crippen LogP contribution in [0.4, 0.5) is 5.69 Å². The molecule has 4 rings (SSSR count). The van der Waals surface area contributed by atoms with Gasteiger partial charge in [-0.25, -0.2) is 14.6 Å². The molecule has 1 amide bonds. The summed E-state index contributed by atoms with van der Waals surface area (Å²) in [6.07, 6.45) is 3.42. The molecule has 5 N–H and O–H groups in total. The van der Waals surface area contributed by atoms with Crippen molar-refractivity contribution >= 4 is 29.8 Å². The molecule has 0 aliphatic heterocycles. The van der Waals surface area contributed by atoms with Gasteiger partial charge in [0.05, 0.1) is 46.2 Å². The van der Waals surface area contributed by atoms with Gasteiger partial charge < -0.3 is 25.6 Å². The number of hydrogen-bond donors (Lipinski definition) is 5. The highest BCUT2D eigenvalue weighted by Crippen LogP contribution is 2.33. The van der Waals surface area contributed by atoms with Crippen molar-refractivity contribution in [3.05, 3.63) is 89.4 Å². The van der Waals surface area contributed by atoms with Gasteiger partial charge in [0.25, 0.3) is 5.91 Å². The van der Waals surface area contributed by atoms with Crippen LogP contribution in [0.5, 0.6) is 5.75 Å². The molecule has 4 aromatic rings. The first-order valence-electron chi connectivity index (χ1n) is 10.1. The van der Waals surface area contributed by atoms with Gasteiger partial charge in [0.1, 0.15) is 5.75 Å². The van der Waals surface area contributed by atoms with E-state index in [1.54, 1.807) is 18.3 Å². The van der Waals surface area contributed by atoms with E-state index in [2.05, 4.69) is 15.3 Å². The Morgan fingerprint density at radius 2 is 1.60 bits per heavy atom. The van der Waals surface area contributed by atoms with E-state index in [4.69, 9.17) is 0 Å². The second-order valence-corrected chi connectivity index (χ2v) is 7.41. The van der Waals surface area contributed by atoms with Gasteiger partial charge in [0, 0.05) is 5.56 Å². The van der Waals surface area contributed by atoms with Gasteiger partial charge in [-0.1, -0.05) is 30.3 Å². The number of phenolic OH excluding ortho intramolecular Hbond substituents is 1. The van der Waals surface area contributed by atoms with Gasteiger partial charge in [-0.15, -0.1) is 0 Å². The average molecular weight is 471 g/mol. The number of anilines is 1. The summed E-state index contributed by atoms with van der Waals surface area (Å²) in [5.41, 5.74) is 1.22. The van der Waals surface area contributed by atoms with Gasteiger partial charge in [-0.2, -0.15) is 0 Å². The van der Waals surface area contributed by atoms with Gasteiger partial charge >= 0.3 is 11.9 Å². The summed E-state index contributed by atoms with van der Waals surface area (Å²) < 4.78 is 0. The lowest BCUT2D eigenvalue weighted by molar-refractivity contribution is 0.0684. The van der Waals surface area contributed by atoms with Crippen LogP contribution in [0.2, 0.25) is 0 Å². The molecule has 0 unspecified atom stereocenters. The maximum Gasteiger partial charge on any atom is 0.337 e. The third kappa shape index (κ3) is 4.48. The van der Waals surface area contributed by atoms with E-state index in [1.165, 1.54) is 18.5 Å². The highest BCUT2D eigenvalue weighted by Gasteiger charge is 2.22. The van der Waals surface area contributed by atoms with E-state index in [0.717, 1.165) is 29.0 Å². The van der Waals surface area contributed by atoms with Crippen molar-refractivity contribution in [1.82, 2.24) is 9.97 Å². The van der Waals surface area contributed by atoms with Crippen molar-refractivity contribution in [3.8, 4) is 28.1 Å². The molecule has 0 radical (unpaired) electrons. The molecule has 0 saturated carbocycles. The molecule has 1 aromatic heterocycles. The summed E-state index contributed by atoms with van der Waals surface area (Å²) in [6.45, 7) is 0. The zero-order valence-electron chi connectivity index (χ0n) is 17.9. The van der Waals surface area contributed by atoms with Crippen molar-refractivity contribution in [2.75, 3.05) is 5.32 Å². The van der Waals surface area contributed by atoms with Crippen LogP contribution in [0.15, 0.2) is 67.1 Å². The third-order valence-electron chi connectivity index (χ3n) is 5.29. The number of imidazole rings is 1. The molecule has 35 heavy (non-hydrogen) atoms. The first kappa shape index (κ1) is 22.9. The van der Waals surface area contributed by atoms with Crippen molar-refractivity contribution in [2.45, 2.75) is 0 Å². The second kappa shape index (κ2) is 9.32. The molecule has 0 spiro atoms. The molecule has 3 aromatic carbocycles. The Balaban J connectivity index is 1.80. The van der Waals surface area contributed by atoms with E-state index in [-0.39, 0.29) is 23.1 Å². The van der Waals surface area contributed by atoms with Crippen molar-refractivity contribution in [3.63, 3.8) is 0 Å². The summed E-state index contributed by atoms with van der Waals surface area (Å²) in [5, 5.41) is 31.5. The third-order valence-corrected chi connectivity index (χ3v) is 5.29. The Bertz CT molecular complexity index is 1480. The first-order valence-corrected chi connectivity index (χ1v) is 10.1. The highest BCUT2D eigenvalue weighted by atomic mass is 16.4. The summed E-state index contributed by atoms with van der Waals surface area (Å²) in [5.74, 6) is -4.38. The van der Waals surface area contributed by atoms with E-state index in [9.17, 15) is 34.5 Å². The topological polar surface area (TPSA) is 170 Å². The quantitative estimate of drug-likeness (QED) is 0.253. The number of amides is 1. The number of carboxylic acids is 2. The molecular formula is C25H17N3O7. The number of hydrogen-bond acceptors (Lipinski definition) is 6. The van der Waals surface area contributed by atoms with Crippen molar-refractivity contribution < 1.29 is 34.5 Å². The summed E-state index contributed by atoms with van der Waals surface area (Å²) in [4.78, 5) is 54.5. The molecule has 0 fully saturated rings. The molecule has 0 aliphatic rings. The lowest BCUT2D eigenvalue weighted by Gasteiger charge is -2.14. The summed E-state index contributed by atoms with van der Waals surface area (Å²) in [6, 6.07) is 13.4. The number of H-pyrrole nitrogens is 1. The molecule has 10 heteroatoms. The van der Waals surface area contributed by atoms with Crippen LogP contribution in [0, 0.1) is 0 Å². The van der Waals surface area contributed by atoms with E-state index in [1.807, 2.05) is 18.2 Å². The zero-order chi connectivity index (χ0) is 25.1. The average Bonchev–Trinajstić information content (AvgIpc) is 3.38. The molecule has 0 atom stereocenters. The number of aldehydes is 1. The number of carbonyl (C=O) groups is 4. The van der Waals surface area contributed by atoms with Crippen LogP contribution in [0.3, 0.4) is 0 Å². The maximum atomic E-state index is 13.0. The number of aromatic carboxylic acids is 2. The molecular weight excluding hydrogens is 454 g/mol. The Morgan fingerprint density at radius 1 is 0.886 bits per heavy atom. The Labute approximate surface area is 197 Å². The minimum atomic E-state index is -1.50. The lowest BCUT2D eigenvalue weighted by Crippen LogP contribution is -2.18. The predicted molar refractivity (Wildman–Crippen MR) is 125 cm³/mol. The normalized spacial score (nSPS) is 10.5. The van der Waals surface area contributed by atoms with Crippen LogP contribution >= 0.6 is 0 Å². The number of nitrogens with one attached hydrogen (secondary N) is 2. The number of rotatable bonds is 7. The monoisotopic (exact) mass is 471 g/mol. The van der Waals surface area contributed by atoms with Crippen LogP contribution < -0.4 is 5.32 Å². The fourth-order valence-electron chi connectivity index (χ4n) is 3.63. The van der Waals surface area contributed by atoms with Crippen LogP contribution in [0.1, 0.15) is 41.4 Å². The van der Waals surface area contributed by atoms with E-state index < -0.39 is 34.7 Å². The largest absolute Gasteiger partial charge is 0.507 e. The van der Waals surface area contributed by atoms with Gasteiger partial charge in [0.15, 0.2) is 6.29 Å². The van der Waals surface area contributed by atoms with Gasteiger partial charge in [-0.3, -0.25) is 9.59 Å². The number of benzene rings is 3. The number of aromatic nitrogens is 2. The Kier molecular flexibility index (Phi) is 6.10. The van der Waals surface area contributed by atoms with Crippen LogP contribution in [0.25, 0.3) is 22.4 Å². The number of carboxylic acid groups (broad SMARTS) is 2. The highest BCUT2D eigenvalue weighted by molar-refractivity contribution is 6.13. The number of carbonyl (C=O) groups excluding carboxylic acids is 2. The number of aromatic amines is 1. The minimum absolute atomic E-state index is 0.0882. The summed E-state index contributed by atoms with van der Waals surface area (Å²) >= 11 is 0. The predicted octanol–water partition coefficient (Wildman–Crippen LogP) is 3.91. The number of aromatic hydroxyl groups is 1. The molecule has 0 aliphatic carbocycles. The fraction of sp³-hybridized carbons (Fsp3) is 0. The van der Waals surface area contributed by atoms with Crippen molar-refractivity contribution in [1.29, 1.82) is 0 Å². The Hall–Kier alpha value is -5.25. The SMILES string of the molecule is O=Cc1cc(C(=O)O)c(C(=O)Nc2cc(-c3ccccc3-c3cnc[nH]3)ccc2C(=O)O)cc1O. The van der Waals surface area contributed by atoms with Crippen molar-refractivity contribution in [2.24, 2.45) is 0 Å². The number of phenols is 1. The van der Waals surface area contributed by atoms with Gasteiger partial charge in [0.2, 0.25) is 0 Å². The molecule has 0 bridgehead atoms. The van der Waals surface area contributed by atoms with E-state index in [0.29, 0.717) is 5.56 Å². The lowest BCUT2D eigenvalue weighted by atomic mass is 9.96. The number of nitrogens with zero attached hydrogens (tertiary/aromatic N) is 1. The maximum absolute atomic E-state index is 13.0. The van der Waals surface area contributed by atoms with Crippen LogP contribution in [-0.2, 0) is 0 Å². The summed E-state index contributed by atoms with van der Waals surface area (Å²) in [7, 11) is 0. The standard InChI is InChI=1S/C25H17N3O7/c29-11-14-7-19(25(34)35)18(9-22(14)30)23(31)28-20-8-13(5-6-17(20)24(32)33)15-3-1-2-4-16(15)21-10-26-12-27-21/h1-12,30H,(H,26,27)(H,28,31)(H,32,33)(H,34,35). The Morgan fingerprint density at radius 3 is 2.23 bits per heavy atom. The molecule has 1 heterocycles.